The van der Waals surface area contributed by atoms with Crippen LogP contribution in [-0.2, 0) is 4.79 Å². The van der Waals surface area contributed by atoms with Crippen molar-refractivity contribution < 1.29 is 4.79 Å². The summed E-state index contributed by atoms with van der Waals surface area (Å²) in [6.07, 6.45) is 9.72. The topological polar surface area (TPSA) is 72.9 Å². The minimum absolute atomic E-state index is 0.213. The Morgan fingerprint density at radius 1 is 1.53 bits per heavy atom. The first kappa shape index (κ1) is 13.1. The molecule has 2 saturated carbocycles. The fraction of sp³-hybridized carbons (Fsp3) is 0.692. The Hall–Kier alpha value is -0.880. The lowest BCUT2D eigenvalue weighted by molar-refractivity contribution is -0.126. The quantitative estimate of drug-likeness (QED) is 0.885. The second kappa shape index (κ2) is 4.90. The van der Waals surface area contributed by atoms with Gasteiger partial charge in [0.2, 0.25) is 5.91 Å². The molecule has 1 heterocycles. The Balaban J connectivity index is 1.79. The molecule has 1 aromatic heterocycles. The Labute approximate surface area is 121 Å². The van der Waals surface area contributed by atoms with Crippen LogP contribution >= 0.6 is 15.9 Å². The van der Waals surface area contributed by atoms with Crippen LogP contribution in [0.15, 0.2) is 16.9 Å². The highest BCUT2D eigenvalue weighted by Crippen LogP contribution is 2.37. The van der Waals surface area contributed by atoms with Gasteiger partial charge in [-0.05, 0) is 54.5 Å². The van der Waals surface area contributed by atoms with Crippen LogP contribution in [0.25, 0.3) is 0 Å². The van der Waals surface area contributed by atoms with E-state index in [1.165, 1.54) is 0 Å². The summed E-state index contributed by atoms with van der Waals surface area (Å²) >= 11 is 3.42. The fourth-order valence-electron chi connectivity index (χ4n) is 3.03. The van der Waals surface area contributed by atoms with Gasteiger partial charge in [0, 0.05) is 12.2 Å². The zero-order valence-corrected chi connectivity index (χ0v) is 12.4. The van der Waals surface area contributed by atoms with Crippen molar-refractivity contribution in [3.8, 4) is 0 Å². The maximum atomic E-state index is 11.9. The van der Waals surface area contributed by atoms with Crippen molar-refractivity contribution in [3.63, 3.8) is 0 Å². The maximum absolute atomic E-state index is 11.9. The maximum Gasteiger partial charge on any atom is 0.237 e. The van der Waals surface area contributed by atoms with Gasteiger partial charge in [0.25, 0.3) is 0 Å². The summed E-state index contributed by atoms with van der Waals surface area (Å²) in [7, 11) is 0. The summed E-state index contributed by atoms with van der Waals surface area (Å²) in [4.78, 5) is 11.9. The van der Waals surface area contributed by atoms with Gasteiger partial charge in [0.05, 0.1) is 22.3 Å². The molecule has 2 unspecified atom stereocenters. The molecule has 3 N–H and O–H groups in total. The van der Waals surface area contributed by atoms with E-state index in [0.717, 1.165) is 43.0 Å². The van der Waals surface area contributed by atoms with Crippen LogP contribution in [0.4, 0.5) is 0 Å². The van der Waals surface area contributed by atoms with Gasteiger partial charge in [0.15, 0.2) is 0 Å². The van der Waals surface area contributed by atoms with Gasteiger partial charge in [-0.25, -0.2) is 0 Å². The molecule has 0 bridgehead atoms. The molecule has 0 radical (unpaired) electrons. The van der Waals surface area contributed by atoms with E-state index in [9.17, 15) is 4.79 Å². The molecule has 2 aliphatic rings. The number of rotatable bonds is 4. The molecule has 2 atom stereocenters. The second-order valence-corrected chi connectivity index (χ2v) is 6.67. The molecule has 104 valence electrons. The summed E-state index contributed by atoms with van der Waals surface area (Å²) in [6.45, 7) is 0. The minimum Gasteiger partial charge on any atom is -0.368 e. The summed E-state index contributed by atoms with van der Waals surface area (Å²) in [5.41, 5.74) is 5.14. The highest BCUT2D eigenvalue weighted by atomic mass is 79.9. The van der Waals surface area contributed by atoms with Crippen molar-refractivity contribution in [2.75, 3.05) is 0 Å². The Kier molecular flexibility index (Phi) is 3.39. The van der Waals surface area contributed by atoms with E-state index in [1.54, 1.807) is 6.20 Å². The fourth-order valence-corrected chi connectivity index (χ4v) is 3.33. The van der Waals surface area contributed by atoms with Gasteiger partial charge in [0.1, 0.15) is 0 Å². The zero-order valence-electron chi connectivity index (χ0n) is 10.8. The van der Waals surface area contributed by atoms with Crippen LogP contribution in [0, 0.1) is 0 Å². The lowest BCUT2D eigenvalue weighted by atomic mass is 9.78. The molecule has 0 aliphatic heterocycles. The lowest BCUT2D eigenvalue weighted by Gasteiger charge is -2.39. The molecule has 1 aromatic rings. The SMILES string of the molecule is NC(=O)C1(NC2CC2)CCCC(n2cc(Br)cn2)C1. The number of hydrogen-bond donors (Lipinski definition) is 2. The molecule has 1 amide bonds. The van der Waals surface area contributed by atoms with Crippen LogP contribution in [0.2, 0.25) is 0 Å². The Bertz CT molecular complexity index is 485. The molecule has 0 saturated heterocycles. The number of hydrogen-bond acceptors (Lipinski definition) is 3. The zero-order chi connectivity index (χ0) is 13.5. The molecule has 0 aromatic carbocycles. The molecule has 19 heavy (non-hydrogen) atoms. The lowest BCUT2D eigenvalue weighted by Crippen LogP contribution is -2.58. The van der Waals surface area contributed by atoms with Gasteiger partial charge in [-0.2, -0.15) is 5.10 Å². The van der Waals surface area contributed by atoms with Gasteiger partial charge in [-0.3, -0.25) is 9.48 Å². The van der Waals surface area contributed by atoms with Crippen LogP contribution in [0.3, 0.4) is 0 Å². The summed E-state index contributed by atoms with van der Waals surface area (Å²) in [5.74, 6) is -0.213. The number of carbonyl (C=O) groups excluding carboxylic acids is 1. The van der Waals surface area contributed by atoms with Crippen molar-refractivity contribution in [2.45, 2.75) is 56.1 Å². The van der Waals surface area contributed by atoms with Crippen molar-refractivity contribution in [3.05, 3.63) is 16.9 Å². The van der Waals surface area contributed by atoms with Gasteiger partial charge in [-0.15, -0.1) is 0 Å². The summed E-state index contributed by atoms with van der Waals surface area (Å²) in [6, 6.07) is 0.731. The number of nitrogens with one attached hydrogen (secondary N) is 1. The van der Waals surface area contributed by atoms with E-state index < -0.39 is 5.54 Å². The third kappa shape index (κ3) is 2.69. The first-order valence-corrected chi connectivity index (χ1v) is 7.66. The third-order valence-electron chi connectivity index (χ3n) is 4.20. The van der Waals surface area contributed by atoms with E-state index in [-0.39, 0.29) is 11.9 Å². The number of halogens is 1. The number of aromatic nitrogens is 2. The normalized spacial score (nSPS) is 31.3. The standard InChI is InChI=1S/C13H19BrN4O/c14-9-7-16-18(8-9)11-2-1-5-13(6-11,12(15)19)17-10-3-4-10/h7-8,10-11,17H,1-6H2,(H2,15,19). The smallest absolute Gasteiger partial charge is 0.237 e. The van der Waals surface area contributed by atoms with Crippen molar-refractivity contribution >= 4 is 21.8 Å². The number of nitrogens with zero attached hydrogens (tertiary/aromatic N) is 2. The van der Waals surface area contributed by atoms with E-state index in [4.69, 9.17) is 5.73 Å². The van der Waals surface area contributed by atoms with Crippen LogP contribution in [0.5, 0.6) is 0 Å². The van der Waals surface area contributed by atoms with Gasteiger partial charge >= 0.3 is 0 Å². The van der Waals surface area contributed by atoms with Gasteiger partial charge in [-0.1, -0.05) is 0 Å². The number of primary amides is 1. The number of carbonyl (C=O) groups is 1. The van der Waals surface area contributed by atoms with E-state index in [1.807, 2.05) is 10.9 Å². The molecule has 2 aliphatic carbocycles. The van der Waals surface area contributed by atoms with E-state index >= 15 is 0 Å². The first-order valence-electron chi connectivity index (χ1n) is 6.86. The van der Waals surface area contributed by atoms with Crippen LogP contribution < -0.4 is 11.1 Å². The molecule has 2 fully saturated rings. The third-order valence-corrected chi connectivity index (χ3v) is 4.61. The Morgan fingerprint density at radius 3 is 2.89 bits per heavy atom. The largest absolute Gasteiger partial charge is 0.368 e. The number of nitrogens with two attached hydrogens (primary N) is 1. The van der Waals surface area contributed by atoms with Crippen molar-refractivity contribution in [2.24, 2.45) is 5.73 Å². The van der Waals surface area contributed by atoms with Crippen molar-refractivity contribution in [1.29, 1.82) is 0 Å². The average molecular weight is 327 g/mol. The highest BCUT2D eigenvalue weighted by molar-refractivity contribution is 9.10. The average Bonchev–Trinajstić information content (AvgIpc) is 3.08. The molecule has 0 spiro atoms. The molecular formula is C13H19BrN4O. The predicted octanol–water partition coefficient (Wildman–Crippen LogP) is 1.74. The minimum atomic E-state index is -0.539. The summed E-state index contributed by atoms with van der Waals surface area (Å²) in [5, 5.41) is 7.83. The van der Waals surface area contributed by atoms with E-state index in [0.29, 0.717) is 6.04 Å². The second-order valence-electron chi connectivity index (χ2n) is 5.75. The van der Waals surface area contributed by atoms with Crippen LogP contribution in [0.1, 0.15) is 44.6 Å². The predicted molar refractivity (Wildman–Crippen MR) is 75.5 cm³/mol. The highest BCUT2D eigenvalue weighted by Gasteiger charge is 2.45. The summed E-state index contributed by atoms with van der Waals surface area (Å²) < 4.78 is 2.92. The molecular weight excluding hydrogens is 308 g/mol. The molecule has 3 rings (SSSR count). The number of amides is 1. The van der Waals surface area contributed by atoms with Gasteiger partial charge < -0.3 is 11.1 Å². The van der Waals surface area contributed by atoms with Crippen molar-refractivity contribution in [1.82, 2.24) is 15.1 Å². The molecule has 5 nitrogen and oxygen atoms in total. The van der Waals surface area contributed by atoms with E-state index in [2.05, 4.69) is 26.3 Å². The van der Waals surface area contributed by atoms with Crippen LogP contribution in [-0.4, -0.2) is 27.3 Å². The molecule has 6 heteroatoms. The Morgan fingerprint density at radius 2 is 2.32 bits per heavy atom. The monoisotopic (exact) mass is 326 g/mol. The first-order chi connectivity index (χ1) is 9.09.